The van der Waals surface area contributed by atoms with Gasteiger partial charge < -0.3 is 31.5 Å². The zero-order valence-corrected chi connectivity index (χ0v) is 13.3. The van der Waals surface area contributed by atoms with E-state index in [0.29, 0.717) is 5.52 Å². The molecule has 0 aliphatic carbocycles. The van der Waals surface area contributed by atoms with Crippen molar-refractivity contribution >= 4 is 52.5 Å². The largest absolute Gasteiger partial charge is 0.394 e. The summed E-state index contributed by atoms with van der Waals surface area (Å²) in [5, 5.41) is 28.8. The summed E-state index contributed by atoms with van der Waals surface area (Å²) in [5.74, 6) is 0.0708. The molecule has 0 saturated carbocycles. The molecular weight excluding hydrogens is 291 g/mol. The van der Waals surface area contributed by atoms with E-state index in [1.165, 1.54) is 10.9 Å². The summed E-state index contributed by atoms with van der Waals surface area (Å²) in [6.45, 7) is -0.416. The Morgan fingerprint density at radius 2 is 1.95 bits per heavy atom. The molecule has 0 unspecified atom stereocenters. The minimum Gasteiger partial charge on any atom is -0.394 e. The Balaban J connectivity index is 0.00000161. The second-order valence-corrected chi connectivity index (χ2v) is 4.52. The second kappa shape index (κ2) is 6.01. The Labute approximate surface area is 141 Å². The number of nitrogen functional groups attached to an aromatic ring is 2. The number of aromatic nitrogens is 4. The van der Waals surface area contributed by atoms with E-state index in [-0.39, 0.29) is 47.0 Å². The van der Waals surface area contributed by atoms with Gasteiger partial charge in [-0.25, -0.2) is 4.98 Å². The molecule has 1 fully saturated rings. The van der Waals surface area contributed by atoms with E-state index in [1.807, 2.05) is 0 Å². The molecule has 109 valence electrons. The van der Waals surface area contributed by atoms with Crippen LogP contribution < -0.4 is 11.5 Å². The van der Waals surface area contributed by atoms with Gasteiger partial charge in [-0.2, -0.15) is 9.97 Å². The summed E-state index contributed by atoms with van der Waals surface area (Å²) < 4.78 is 6.79. The van der Waals surface area contributed by atoms with Crippen molar-refractivity contribution in [3.8, 4) is 0 Å². The van der Waals surface area contributed by atoms with Crippen LogP contribution in [0.4, 0.5) is 11.8 Å². The van der Waals surface area contributed by atoms with Gasteiger partial charge in [-0.1, -0.05) is 0 Å². The average molecular weight is 305 g/mol. The number of hydrogen-bond acceptors (Lipinski definition) is 9. The molecule has 21 heavy (non-hydrogen) atoms. The van der Waals surface area contributed by atoms with E-state index in [1.54, 1.807) is 0 Å². The molecule has 1 aliphatic heterocycles. The molecule has 1 saturated heterocycles. The molecule has 1 radical (unpaired) electrons. The summed E-state index contributed by atoms with van der Waals surface area (Å²) in [6, 6.07) is 0. The fourth-order valence-corrected chi connectivity index (χ4v) is 2.25. The standard InChI is InChI=1S/C10H14N6O4.Na/c11-7-4-8(15-10(12)14-7)16(2-13-4)9-6(19)5(18)3(1-17)20-9;/h2-3,5-6,9,17-19H,1H2,(H4,11,12,14,15);/t3-,5-,6+,9-;/m1./s1. The van der Waals surface area contributed by atoms with Crippen LogP contribution in [0.15, 0.2) is 6.33 Å². The fraction of sp³-hybridized carbons (Fsp3) is 0.500. The van der Waals surface area contributed by atoms with Gasteiger partial charge in [-0.15, -0.1) is 0 Å². The third kappa shape index (κ3) is 2.59. The van der Waals surface area contributed by atoms with Gasteiger partial charge in [-0.05, 0) is 0 Å². The number of rotatable bonds is 2. The van der Waals surface area contributed by atoms with Gasteiger partial charge in [0.05, 0.1) is 12.9 Å². The molecule has 3 rings (SSSR count). The number of fused-ring (bicyclic) bond motifs is 1. The summed E-state index contributed by atoms with van der Waals surface area (Å²) >= 11 is 0. The maximum Gasteiger partial charge on any atom is 0.224 e. The van der Waals surface area contributed by atoms with Crippen LogP contribution in [0.25, 0.3) is 11.2 Å². The van der Waals surface area contributed by atoms with Crippen LogP contribution in [0.1, 0.15) is 6.23 Å². The SMILES string of the molecule is Nc1nc(N)c2ncn([C@@H]3O[C@H](CO)[C@@H](O)[C@@H]3O)c2n1.[Na]. The van der Waals surface area contributed by atoms with Gasteiger partial charge >= 0.3 is 0 Å². The summed E-state index contributed by atoms with van der Waals surface area (Å²) in [7, 11) is 0. The van der Waals surface area contributed by atoms with Crippen molar-refractivity contribution in [3.05, 3.63) is 6.33 Å². The molecule has 2 aromatic heterocycles. The van der Waals surface area contributed by atoms with Crippen molar-refractivity contribution < 1.29 is 20.1 Å². The third-order valence-electron chi connectivity index (χ3n) is 3.26. The smallest absolute Gasteiger partial charge is 0.224 e. The molecule has 2 aromatic rings. The first-order valence-corrected chi connectivity index (χ1v) is 5.91. The average Bonchev–Trinajstić information content (AvgIpc) is 2.93. The van der Waals surface area contributed by atoms with Gasteiger partial charge in [-0.3, -0.25) is 4.57 Å². The first kappa shape index (κ1) is 16.4. The van der Waals surface area contributed by atoms with Crippen LogP contribution in [0.5, 0.6) is 0 Å². The molecule has 0 bridgehead atoms. The molecule has 11 heteroatoms. The number of imidazole rings is 1. The van der Waals surface area contributed by atoms with Crippen LogP contribution in [0.3, 0.4) is 0 Å². The Hall–Kier alpha value is -1.01. The van der Waals surface area contributed by atoms with E-state index in [2.05, 4.69) is 15.0 Å². The Bertz CT molecular complexity index is 652. The van der Waals surface area contributed by atoms with E-state index < -0.39 is 31.1 Å². The summed E-state index contributed by atoms with van der Waals surface area (Å²) in [6.07, 6.45) is -2.92. The topological polar surface area (TPSA) is 166 Å². The van der Waals surface area contributed by atoms with E-state index >= 15 is 0 Å². The number of aliphatic hydroxyl groups is 3. The first-order chi connectivity index (χ1) is 9.52. The zero-order valence-electron chi connectivity index (χ0n) is 11.3. The quantitative estimate of drug-likeness (QED) is 0.369. The number of nitrogens with zero attached hydrogens (tertiary/aromatic N) is 4. The van der Waals surface area contributed by atoms with Gasteiger partial charge in [0.1, 0.15) is 23.8 Å². The monoisotopic (exact) mass is 305 g/mol. The van der Waals surface area contributed by atoms with Crippen LogP contribution in [0.2, 0.25) is 0 Å². The van der Waals surface area contributed by atoms with Crippen LogP contribution in [-0.2, 0) is 4.74 Å². The van der Waals surface area contributed by atoms with Gasteiger partial charge in [0.15, 0.2) is 17.7 Å². The van der Waals surface area contributed by atoms with Gasteiger partial charge in [0.25, 0.3) is 0 Å². The second-order valence-electron chi connectivity index (χ2n) is 4.52. The number of anilines is 2. The number of nitrogens with two attached hydrogens (primary N) is 2. The molecule has 7 N–H and O–H groups in total. The normalized spacial score (nSPS) is 28.7. The predicted molar refractivity (Wildman–Crippen MR) is 72.9 cm³/mol. The molecule has 10 nitrogen and oxygen atoms in total. The minimum absolute atomic E-state index is 0. The molecule has 3 heterocycles. The maximum absolute atomic E-state index is 9.99. The van der Waals surface area contributed by atoms with Crippen molar-refractivity contribution in [2.24, 2.45) is 0 Å². The third-order valence-corrected chi connectivity index (χ3v) is 3.26. The van der Waals surface area contributed by atoms with Gasteiger partial charge in [0, 0.05) is 29.6 Å². The van der Waals surface area contributed by atoms with Crippen LogP contribution in [0, 0.1) is 0 Å². The molecule has 0 aromatic carbocycles. The Morgan fingerprint density at radius 3 is 2.57 bits per heavy atom. The molecule has 1 aliphatic rings. The minimum atomic E-state index is -1.23. The van der Waals surface area contributed by atoms with Crippen molar-refractivity contribution in [2.75, 3.05) is 18.1 Å². The molecule has 0 spiro atoms. The zero-order chi connectivity index (χ0) is 14.4. The Morgan fingerprint density at radius 1 is 1.24 bits per heavy atom. The number of aliphatic hydroxyl groups excluding tert-OH is 3. The van der Waals surface area contributed by atoms with Crippen LogP contribution >= 0.6 is 0 Å². The molecule has 0 amide bonds. The summed E-state index contributed by atoms with van der Waals surface area (Å²) in [5.41, 5.74) is 11.8. The van der Waals surface area contributed by atoms with Crippen molar-refractivity contribution in [1.29, 1.82) is 0 Å². The fourth-order valence-electron chi connectivity index (χ4n) is 2.25. The van der Waals surface area contributed by atoms with Crippen molar-refractivity contribution in [3.63, 3.8) is 0 Å². The van der Waals surface area contributed by atoms with E-state index in [0.717, 1.165) is 0 Å². The summed E-state index contributed by atoms with van der Waals surface area (Å²) in [4.78, 5) is 11.8. The first-order valence-electron chi connectivity index (χ1n) is 5.91. The number of hydrogen-bond donors (Lipinski definition) is 5. The molecule has 4 atom stereocenters. The Kier molecular flexibility index (Phi) is 4.68. The van der Waals surface area contributed by atoms with Crippen molar-refractivity contribution in [1.82, 2.24) is 19.5 Å². The van der Waals surface area contributed by atoms with Gasteiger partial charge in [0.2, 0.25) is 5.95 Å². The predicted octanol–water partition coefficient (Wildman–Crippen LogP) is -2.78. The number of ether oxygens (including phenoxy) is 1. The van der Waals surface area contributed by atoms with E-state index in [4.69, 9.17) is 21.3 Å². The maximum atomic E-state index is 9.99. The van der Waals surface area contributed by atoms with Crippen LogP contribution in [-0.4, -0.2) is 89.3 Å². The molecular formula is C10H14N6NaO4. The van der Waals surface area contributed by atoms with E-state index in [9.17, 15) is 10.2 Å². The van der Waals surface area contributed by atoms with Crippen molar-refractivity contribution in [2.45, 2.75) is 24.5 Å².